The number of ether oxygens (including phenoxy) is 2. The molecule has 1 heterocycles. The van der Waals surface area contributed by atoms with E-state index < -0.39 is 0 Å². The predicted molar refractivity (Wildman–Crippen MR) is 75.4 cm³/mol. The van der Waals surface area contributed by atoms with Crippen molar-refractivity contribution in [3.63, 3.8) is 0 Å². The van der Waals surface area contributed by atoms with E-state index in [0.717, 1.165) is 4.90 Å². The Balaban J connectivity index is 2.06. The van der Waals surface area contributed by atoms with Gasteiger partial charge in [-0.25, -0.2) is 0 Å². The minimum absolute atomic E-state index is 0.0206. The van der Waals surface area contributed by atoms with Gasteiger partial charge in [-0.3, -0.25) is 19.3 Å². The molecule has 0 spiro atoms. The Morgan fingerprint density at radius 3 is 2.62 bits per heavy atom. The highest BCUT2D eigenvalue weighted by Gasteiger charge is 2.23. The Bertz CT molecular complexity index is 390. The van der Waals surface area contributed by atoms with Crippen molar-refractivity contribution in [3.8, 4) is 0 Å². The van der Waals surface area contributed by atoms with Gasteiger partial charge in [0.2, 0.25) is 5.91 Å². The molecule has 0 radical (unpaired) electrons. The van der Waals surface area contributed by atoms with Gasteiger partial charge in [-0.1, -0.05) is 0 Å². The van der Waals surface area contributed by atoms with E-state index >= 15 is 0 Å². The van der Waals surface area contributed by atoms with Crippen LogP contribution < -0.4 is 5.32 Å². The van der Waals surface area contributed by atoms with Crippen LogP contribution >= 0.6 is 0 Å². The van der Waals surface area contributed by atoms with Crippen molar-refractivity contribution in [2.75, 3.05) is 32.9 Å². The van der Waals surface area contributed by atoms with Crippen LogP contribution in [0, 0.1) is 0 Å². The number of carbonyl (C=O) groups excluding carboxylic acids is 3. The molecule has 0 aromatic rings. The number of hydrogen-bond acceptors (Lipinski definition) is 5. The summed E-state index contributed by atoms with van der Waals surface area (Å²) in [5, 5.41) is 2.67. The summed E-state index contributed by atoms with van der Waals surface area (Å²) in [4.78, 5) is 35.2. The van der Waals surface area contributed by atoms with Crippen LogP contribution in [0.5, 0.6) is 0 Å². The van der Waals surface area contributed by atoms with Gasteiger partial charge >= 0.3 is 0 Å². The molecule has 0 saturated carbocycles. The fourth-order valence-electron chi connectivity index (χ4n) is 1.74. The molecule has 1 N–H and O–H groups in total. The third kappa shape index (κ3) is 6.50. The first-order chi connectivity index (χ1) is 10.0. The minimum atomic E-state index is -0.374. The average Bonchev–Trinajstić information content (AvgIpc) is 2.78. The predicted octanol–water partition coefficient (Wildman–Crippen LogP) is -0.141. The Kier molecular flexibility index (Phi) is 7.63. The van der Waals surface area contributed by atoms with Gasteiger partial charge in [0.05, 0.1) is 19.3 Å². The molecule has 0 aromatic carbocycles. The van der Waals surface area contributed by atoms with Crippen LogP contribution in [0.1, 0.15) is 20.3 Å². The van der Waals surface area contributed by atoms with Crippen LogP contribution in [-0.4, -0.2) is 61.6 Å². The largest absolute Gasteiger partial charge is 0.379 e. The minimum Gasteiger partial charge on any atom is -0.379 e. The summed E-state index contributed by atoms with van der Waals surface area (Å²) in [7, 11) is 0. The second-order valence-electron chi connectivity index (χ2n) is 4.60. The van der Waals surface area contributed by atoms with Crippen LogP contribution in [0.4, 0.5) is 0 Å². The number of rotatable bonds is 10. The zero-order valence-corrected chi connectivity index (χ0v) is 12.5. The van der Waals surface area contributed by atoms with E-state index in [4.69, 9.17) is 9.47 Å². The summed E-state index contributed by atoms with van der Waals surface area (Å²) in [6, 6.07) is 0. The molecule has 21 heavy (non-hydrogen) atoms. The van der Waals surface area contributed by atoms with Gasteiger partial charge in [-0.15, -0.1) is 0 Å². The van der Waals surface area contributed by atoms with Crippen molar-refractivity contribution < 1.29 is 23.9 Å². The fourth-order valence-corrected chi connectivity index (χ4v) is 1.74. The van der Waals surface area contributed by atoms with Gasteiger partial charge < -0.3 is 14.8 Å². The van der Waals surface area contributed by atoms with E-state index in [-0.39, 0.29) is 36.8 Å². The molecular weight excluding hydrogens is 276 g/mol. The molecule has 0 bridgehead atoms. The molecule has 1 rings (SSSR count). The monoisotopic (exact) mass is 298 g/mol. The molecule has 1 unspecified atom stereocenters. The highest BCUT2D eigenvalue weighted by Crippen LogP contribution is 2.03. The lowest BCUT2D eigenvalue weighted by Crippen LogP contribution is -2.35. The van der Waals surface area contributed by atoms with E-state index in [1.165, 1.54) is 12.2 Å². The van der Waals surface area contributed by atoms with Gasteiger partial charge in [-0.05, 0) is 13.8 Å². The number of nitrogens with zero attached hydrogens (tertiary/aromatic N) is 1. The summed E-state index contributed by atoms with van der Waals surface area (Å²) in [5.74, 6) is -0.967. The average molecular weight is 298 g/mol. The molecule has 7 heteroatoms. The van der Waals surface area contributed by atoms with Crippen molar-refractivity contribution in [2.24, 2.45) is 0 Å². The number of nitrogens with one attached hydrogen (secondary N) is 1. The Morgan fingerprint density at radius 2 is 2.00 bits per heavy atom. The molecule has 1 atom stereocenters. The molecule has 0 aliphatic carbocycles. The summed E-state index contributed by atoms with van der Waals surface area (Å²) in [6.07, 6.45) is 2.47. The molecule has 3 amide bonds. The summed E-state index contributed by atoms with van der Waals surface area (Å²) in [5.41, 5.74) is 0. The van der Waals surface area contributed by atoms with E-state index in [1.807, 2.05) is 13.8 Å². The van der Waals surface area contributed by atoms with Crippen LogP contribution in [0.15, 0.2) is 12.2 Å². The van der Waals surface area contributed by atoms with Crippen molar-refractivity contribution >= 4 is 17.7 Å². The molecule has 7 nitrogen and oxygen atoms in total. The Hall–Kier alpha value is -1.73. The first-order valence-corrected chi connectivity index (χ1v) is 7.04. The lowest BCUT2D eigenvalue weighted by atomic mass is 10.3. The summed E-state index contributed by atoms with van der Waals surface area (Å²) in [6.45, 7) is 5.86. The molecular formula is C14H22N2O5. The first kappa shape index (κ1) is 17.3. The van der Waals surface area contributed by atoms with Crippen molar-refractivity contribution in [1.29, 1.82) is 0 Å². The SMILES string of the molecule is CCOCC(C)OCCNC(=O)CCN1C(=O)C=CC1=O. The molecule has 0 fully saturated rings. The second kappa shape index (κ2) is 9.25. The smallest absolute Gasteiger partial charge is 0.253 e. The Morgan fingerprint density at radius 1 is 1.33 bits per heavy atom. The summed E-state index contributed by atoms with van der Waals surface area (Å²) >= 11 is 0. The highest BCUT2D eigenvalue weighted by atomic mass is 16.5. The maximum absolute atomic E-state index is 11.6. The van der Waals surface area contributed by atoms with Crippen molar-refractivity contribution in [3.05, 3.63) is 12.2 Å². The Labute approximate surface area is 124 Å². The van der Waals surface area contributed by atoms with Gasteiger partial charge in [0.1, 0.15) is 0 Å². The molecule has 0 aromatic heterocycles. The third-order valence-electron chi connectivity index (χ3n) is 2.85. The maximum Gasteiger partial charge on any atom is 0.253 e. The summed E-state index contributed by atoms with van der Waals surface area (Å²) < 4.78 is 10.6. The molecule has 118 valence electrons. The lowest BCUT2D eigenvalue weighted by Gasteiger charge is -2.14. The topological polar surface area (TPSA) is 84.9 Å². The normalized spacial score (nSPS) is 15.6. The lowest BCUT2D eigenvalue weighted by molar-refractivity contribution is -0.137. The van der Waals surface area contributed by atoms with Crippen LogP contribution in [-0.2, 0) is 23.9 Å². The molecule has 1 aliphatic heterocycles. The standard InChI is InChI=1S/C14H22N2O5/c1-3-20-10-11(2)21-9-7-15-12(17)6-8-16-13(18)4-5-14(16)19/h4-5,11H,3,6-10H2,1-2H3,(H,15,17). The van der Waals surface area contributed by atoms with E-state index in [0.29, 0.717) is 26.4 Å². The number of amides is 3. The van der Waals surface area contributed by atoms with Crippen LogP contribution in [0.2, 0.25) is 0 Å². The number of carbonyl (C=O) groups is 3. The van der Waals surface area contributed by atoms with E-state index in [1.54, 1.807) is 0 Å². The molecule has 1 aliphatic rings. The van der Waals surface area contributed by atoms with Gasteiger partial charge in [0, 0.05) is 38.3 Å². The van der Waals surface area contributed by atoms with E-state index in [2.05, 4.69) is 5.32 Å². The van der Waals surface area contributed by atoms with Crippen LogP contribution in [0.3, 0.4) is 0 Å². The first-order valence-electron chi connectivity index (χ1n) is 7.04. The third-order valence-corrected chi connectivity index (χ3v) is 2.85. The van der Waals surface area contributed by atoms with Gasteiger partial charge in [-0.2, -0.15) is 0 Å². The second-order valence-corrected chi connectivity index (χ2v) is 4.60. The van der Waals surface area contributed by atoms with Gasteiger partial charge in [0.25, 0.3) is 11.8 Å². The zero-order chi connectivity index (χ0) is 15.7. The highest BCUT2D eigenvalue weighted by molar-refractivity contribution is 6.13. The fraction of sp³-hybridized carbons (Fsp3) is 0.643. The van der Waals surface area contributed by atoms with Gasteiger partial charge in [0.15, 0.2) is 0 Å². The quantitative estimate of drug-likeness (QED) is 0.448. The van der Waals surface area contributed by atoms with Crippen molar-refractivity contribution in [2.45, 2.75) is 26.4 Å². The number of imide groups is 1. The van der Waals surface area contributed by atoms with Crippen molar-refractivity contribution in [1.82, 2.24) is 10.2 Å². The van der Waals surface area contributed by atoms with Crippen LogP contribution in [0.25, 0.3) is 0 Å². The number of hydrogen-bond donors (Lipinski definition) is 1. The van der Waals surface area contributed by atoms with E-state index in [9.17, 15) is 14.4 Å². The maximum atomic E-state index is 11.6. The zero-order valence-electron chi connectivity index (χ0n) is 12.5. The molecule has 0 saturated heterocycles.